The molecule has 7 heteroatoms. The van der Waals surface area contributed by atoms with Crippen molar-refractivity contribution in [1.82, 2.24) is 4.31 Å². The number of anilines is 1. The fraction of sp³-hybridized carbons (Fsp3) is 0.455. The number of unbranched alkanes of at least 4 members (excludes halogenated alkanes) is 2. The van der Waals surface area contributed by atoms with Gasteiger partial charge in [-0.2, -0.15) is 4.31 Å². The zero-order chi connectivity index (χ0) is 28.9. The molecular weight excluding hydrogens is 520 g/mol. The first kappa shape index (κ1) is 30.1. The van der Waals surface area contributed by atoms with Crippen molar-refractivity contribution in [2.75, 3.05) is 26.1 Å². The molecule has 4 rings (SSSR count). The molecule has 0 spiro atoms. The van der Waals surface area contributed by atoms with Crippen molar-refractivity contribution in [3.05, 3.63) is 89.5 Å². The molecule has 1 N–H and O–H groups in total. The second-order valence-electron chi connectivity index (χ2n) is 11.1. The van der Waals surface area contributed by atoms with E-state index in [1.807, 2.05) is 85.7 Å². The Bertz CT molecular complexity index is 1350. The average molecular weight is 565 g/mol. The Balaban J connectivity index is 2.05. The van der Waals surface area contributed by atoms with Crippen molar-refractivity contribution >= 4 is 15.7 Å². The Kier molecular flexibility index (Phi) is 9.60. The molecule has 1 aliphatic heterocycles. The molecule has 0 amide bonds. The molecule has 3 aromatic rings. The van der Waals surface area contributed by atoms with Gasteiger partial charge in [-0.15, -0.1) is 0 Å². The highest BCUT2D eigenvalue weighted by atomic mass is 32.2. The highest BCUT2D eigenvalue weighted by molar-refractivity contribution is 7.89. The van der Waals surface area contributed by atoms with E-state index >= 15 is 0 Å². The van der Waals surface area contributed by atoms with Crippen molar-refractivity contribution in [1.29, 1.82) is 0 Å². The quantitative estimate of drug-likeness (QED) is 0.285. The van der Waals surface area contributed by atoms with E-state index in [1.54, 1.807) is 17.5 Å². The fourth-order valence-corrected chi connectivity index (χ4v) is 8.13. The highest BCUT2D eigenvalue weighted by Crippen LogP contribution is 2.49. The molecule has 0 unspecified atom stereocenters. The first-order valence-corrected chi connectivity index (χ1v) is 15.8. The van der Waals surface area contributed by atoms with Crippen molar-refractivity contribution in [3.63, 3.8) is 0 Å². The summed E-state index contributed by atoms with van der Waals surface area (Å²) in [5.41, 5.74) is 2.33. The van der Waals surface area contributed by atoms with Crippen LogP contribution in [0.1, 0.15) is 75.0 Å². The molecule has 0 saturated heterocycles. The van der Waals surface area contributed by atoms with Crippen molar-refractivity contribution in [2.24, 2.45) is 0 Å². The number of rotatable bonds is 11. The lowest BCUT2D eigenvalue weighted by Gasteiger charge is -2.47. The molecule has 1 aliphatic rings. The molecule has 2 atom stereocenters. The van der Waals surface area contributed by atoms with E-state index in [0.29, 0.717) is 18.4 Å². The smallest absolute Gasteiger partial charge is 0.244 e. The number of methoxy groups -OCH3 is 1. The lowest BCUT2D eigenvalue weighted by atomic mass is 9.72. The van der Waals surface area contributed by atoms with Crippen LogP contribution in [-0.2, 0) is 16.6 Å². The van der Waals surface area contributed by atoms with E-state index in [9.17, 15) is 13.5 Å². The number of aliphatic hydroxyl groups excluding tert-OH is 1. The van der Waals surface area contributed by atoms with Crippen LogP contribution in [0.2, 0.25) is 0 Å². The summed E-state index contributed by atoms with van der Waals surface area (Å²) in [6, 6.07) is 23.0. The zero-order valence-corrected chi connectivity index (χ0v) is 25.3. The van der Waals surface area contributed by atoms with E-state index < -0.39 is 27.6 Å². The van der Waals surface area contributed by atoms with Gasteiger partial charge in [-0.05, 0) is 59.9 Å². The van der Waals surface area contributed by atoms with Gasteiger partial charge in [0.15, 0.2) is 0 Å². The van der Waals surface area contributed by atoms with Crippen molar-refractivity contribution in [3.8, 4) is 5.75 Å². The Hall–Kier alpha value is -2.87. The maximum absolute atomic E-state index is 14.9. The Morgan fingerprint density at radius 2 is 1.55 bits per heavy atom. The predicted octanol–water partition coefficient (Wildman–Crippen LogP) is 6.58. The van der Waals surface area contributed by atoms with Crippen LogP contribution in [0.5, 0.6) is 5.75 Å². The summed E-state index contributed by atoms with van der Waals surface area (Å²) < 4.78 is 36.8. The Morgan fingerprint density at radius 1 is 0.925 bits per heavy atom. The van der Waals surface area contributed by atoms with Crippen LogP contribution >= 0.6 is 0 Å². The molecule has 0 fully saturated rings. The highest BCUT2D eigenvalue weighted by Gasteiger charge is 2.54. The third-order valence-corrected chi connectivity index (χ3v) is 10.3. The monoisotopic (exact) mass is 564 g/mol. The summed E-state index contributed by atoms with van der Waals surface area (Å²) in [6.45, 7) is 4.44. The van der Waals surface area contributed by atoms with Crippen LogP contribution in [-0.4, -0.2) is 50.7 Å². The minimum Gasteiger partial charge on any atom is -0.497 e. The van der Waals surface area contributed by atoms with Crippen LogP contribution in [0, 0.1) is 0 Å². The first-order valence-electron chi connectivity index (χ1n) is 14.4. The molecule has 40 heavy (non-hydrogen) atoms. The summed E-state index contributed by atoms with van der Waals surface area (Å²) in [5.74, 6) is 0.181. The number of aliphatic hydroxyl groups is 1. The van der Waals surface area contributed by atoms with Crippen LogP contribution in [0.4, 0.5) is 5.69 Å². The molecule has 0 aliphatic carbocycles. The van der Waals surface area contributed by atoms with Gasteiger partial charge in [-0.25, -0.2) is 8.42 Å². The lowest BCUT2D eigenvalue weighted by molar-refractivity contribution is -0.0152. The largest absolute Gasteiger partial charge is 0.497 e. The molecule has 3 aromatic carbocycles. The summed E-state index contributed by atoms with van der Waals surface area (Å²) in [5, 5.41) is 12.7. The third-order valence-electron chi connectivity index (χ3n) is 8.35. The zero-order valence-electron chi connectivity index (χ0n) is 24.5. The van der Waals surface area contributed by atoms with E-state index in [0.717, 1.165) is 48.2 Å². The molecule has 1 heterocycles. The minimum absolute atomic E-state index is 0.206. The van der Waals surface area contributed by atoms with Gasteiger partial charge in [0.05, 0.1) is 23.6 Å². The maximum atomic E-state index is 14.9. The number of ether oxygens (including phenoxy) is 1. The molecule has 0 aromatic heterocycles. The van der Waals surface area contributed by atoms with Crippen LogP contribution in [0.3, 0.4) is 0 Å². The predicted molar refractivity (Wildman–Crippen MR) is 163 cm³/mol. The number of hydrogen-bond acceptors (Lipinski definition) is 5. The van der Waals surface area contributed by atoms with Gasteiger partial charge >= 0.3 is 0 Å². The minimum atomic E-state index is -3.98. The first-order chi connectivity index (χ1) is 19.2. The van der Waals surface area contributed by atoms with E-state index in [2.05, 4.69) is 13.8 Å². The number of sulfonamides is 1. The van der Waals surface area contributed by atoms with Crippen molar-refractivity contribution < 1.29 is 18.3 Å². The topological polar surface area (TPSA) is 70.1 Å². The van der Waals surface area contributed by atoms with Crippen molar-refractivity contribution in [2.45, 2.75) is 81.4 Å². The number of hydrogen-bond donors (Lipinski definition) is 1. The second kappa shape index (κ2) is 12.8. The SMILES string of the molecule is CCCCC1(CCCC)[C@H](O)[C@H](c2ccc(OC)cc2)c2cc(N(C)C)ccc2S(=O)(=O)N1Cc1ccccc1. The van der Waals surface area contributed by atoms with Gasteiger partial charge in [-0.1, -0.05) is 82.0 Å². The average Bonchev–Trinajstić information content (AvgIpc) is 3.02. The Morgan fingerprint density at radius 3 is 2.10 bits per heavy atom. The van der Waals surface area contributed by atoms with Gasteiger partial charge in [0.25, 0.3) is 0 Å². The molecular formula is C33H44N2O4S. The van der Waals surface area contributed by atoms with Gasteiger partial charge < -0.3 is 14.7 Å². The summed E-state index contributed by atoms with van der Waals surface area (Å²) >= 11 is 0. The molecule has 0 saturated carbocycles. The summed E-state index contributed by atoms with van der Waals surface area (Å²) in [4.78, 5) is 2.24. The summed E-state index contributed by atoms with van der Waals surface area (Å²) in [7, 11) is 1.53. The lowest BCUT2D eigenvalue weighted by Crippen LogP contribution is -2.58. The van der Waals surface area contributed by atoms with Crippen LogP contribution in [0.15, 0.2) is 77.7 Å². The Labute approximate surface area is 240 Å². The molecule has 216 valence electrons. The number of nitrogens with zero attached hydrogens (tertiary/aromatic N) is 2. The third kappa shape index (κ3) is 5.78. The number of benzene rings is 3. The second-order valence-corrected chi connectivity index (χ2v) is 13.0. The van der Waals surface area contributed by atoms with Gasteiger partial charge in [-0.3, -0.25) is 0 Å². The van der Waals surface area contributed by atoms with Crippen LogP contribution in [0.25, 0.3) is 0 Å². The molecule has 0 radical (unpaired) electrons. The van der Waals surface area contributed by atoms with Gasteiger partial charge in [0.1, 0.15) is 5.75 Å². The fourth-order valence-electron chi connectivity index (χ4n) is 6.08. The van der Waals surface area contributed by atoms with Gasteiger partial charge in [0.2, 0.25) is 10.0 Å². The van der Waals surface area contributed by atoms with Crippen LogP contribution < -0.4 is 9.64 Å². The summed E-state index contributed by atoms with van der Waals surface area (Å²) in [6.07, 6.45) is 3.65. The van der Waals surface area contributed by atoms with E-state index in [1.165, 1.54) is 0 Å². The van der Waals surface area contributed by atoms with E-state index in [4.69, 9.17) is 4.74 Å². The number of fused-ring (bicyclic) bond motifs is 1. The normalized spacial score (nSPS) is 19.9. The van der Waals surface area contributed by atoms with Gasteiger partial charge in [0, 0.05) is 32.2 Å². The molecule has 6 nitrogen and oxygen atoms in total. The van der Waals surface area contributed by atoms with E-state index in [-0.39, 0.29) is 11.4 Å². The molecule has 0 bridgehead atoms. The maximum Gasteiger partial charge on any atom is 0.244 e. The standard InChI is InChI=1S/C33H44N2O4S/c1-6-8-21-33(22-9-7-2)32(36)31(26-15-18-28(39-5)19-16-26)29-23-27(34(3)4)17-20-30(29)40(37,38)35(33)24-25-13-11-10-12-14-25/h10-20,23,31-32,36H,6-9,21-22,24H2,1-5H3/t31-,32-/m1/s1.